The highest BCUT2D eigenvalue weighted by Gasteiger charge is 2.18. The summed E-state index contributed by atoms with van der Waals surface area (Å²) in [6.07, 6.45) is 0. The maximum atomic E-state index is 5.45. The molecule has 0 saturated heterocycles. The Kier molecular flexibility index (Phi) is 3.37. The van der Waals surface area contributed by atoms with Crippen molar-refractivity contribution in [2.75, 3.05) is 0 Å². The van der Waals surface area contributed by atoms with Gasteiger partial charge in [-0.05, 0) is 45.5 Å². The SMILES string of the molecule is Cc1nc(-c2cc(C(C)(C)C)ccc2C)c(Br)o1. The zero-order chi connectivity index (χ0) is 13.5. The summed E-state index contributed by atoms with van der Waals surface area (Å²) < 4.78 is 6.16. The minimum absolute atomic E-state index is 0.133. The second kappa shape index (κ2) is 4.54. The van der Waals surface area contributed by atoms with Crippen LogP contribution in [0.4, 0.5) is 0 Å². The first kappa shape index (κ1) is 13.3. The number of nitrogens with zero attached hydrogens (tertiary/aromatic N) is 1. The molecule has 0 spiro atoms. The van der Waals surface area contributed by atoms with Gasteiger partial charge in [-0.1, -0.05) is 32.9 Å². The molecule has 0 aliphatic carbocycles. The number of hydrogen-bond acceptors (Lipinski definition) is 2. The molecule has 0 amide bonds. The molecule has 1 heterocycles. The van der Waals surface area contributed by atoms with Crippen LogP contribution in [0, 0.1) is 13.8 Å². The van der Waals surface area contributed by atoms with E-state index in [1.807, 2.05) is 6.92 Å². The molecule has 0 bridgehead atoms. The van der Waals surface area contributed by atoms with Crippen LogP contribution in [0.1, 0.15) is 37.8 Å². The van der Waals surface area contributed by atoms with E-state index >= 15 is 0 Å². The van der Waals surface area contributed by atoms with Gasteiger partial charge < -0.3 is 4.42 Å². The van der Waals surface area contributed by atoms with Crippen LogP contribution in [-0.4, -0.2) is 4.98 Å². The molecular formula is C15H18BrNO. The molecule has 18 heavy (non-hydrogen) atoms. The fourth-order valence-corrected chi connectivity index (χ4v) is 2.45. The van der Waals surface area contributed by atoms with Gasteiger partial charge in [-0.15, -0.1) is 0 Å². The molecular weight excluding hydrogens is 290 g/mol. The van der Waals surface area contributed by atoms with Gasteiger partial charge in [0, 0.05) is 12.5 Å². The maximum absolute atomic E-state index is 5.45. The molecule has 0 aliphatic heterocycles. The zero-order valence-electron chi connectivity index (χ0n) is 11.5. The summed E-state index contributed by atoms with van der Waals surface area (Å²) >= 11 is 3.43. The molecule has 2 nitrogen and oxygen atoms in total. The molecule has 2 aromatic rings. The summed E-state index contributed by atoms with van der Waals surface area (Å²) in [7, 11) is 0. The molecule has 0 aliphatic rings. The summed E-state index contributed by atoms with van der Waals surface area (Å²) in [4.78, 5) is 4.45. The number of halogens is 1. The lowest BCUT2D eigenvalue weighted by Crippen LogP contribution is -2.11. The third kappa shape index (κ3) is 2.51. The largest absolute Gasteiger partial charge is 0.434 e. The van der Waals surface area contributed by atoms with Crippen LogP contribution in [0.2, 0.25) is 0 Å². The molecule has 0 N–H and O–H groups in total. The molecule has 1 aromatic carbocycles. The van der Waals surface area contributed by atoms with Crippen molar-refractivity contribution in [3.63, 3.8) is 0 Å². The van der Waals surface area contributed by atoms with Crippen LogP contribution in [-0.2, 0) is 5.41 Å². The van der Waals surface area contributed by atoms with Gasteiger partial charge in [0.05, 0.1) is 0 Å². The first-order valence-electron chi connectivity index (χ1n) is 6.03. The van der Waals surface area contributed by atoms with Gasteiger partial charge in [0.1, 0.15) is 5.69 Å². The van der Waals surface area contributed by atoms with E-state index in [1.165, 1.54) is 11.1 Å². The molecule has 1 aromatic heterocycles. The molecule has 3 heteroatoms. The molecule has 0 saturated carbocycles. The molecule has 0 atom stereocenters. The predicted molar refractivity (Wildman–Crippen MR) is 77.8 cm³/mol. The van der Waals surface area contributed by atoms with Crippen LogP contribution < -0.4 is 0 Å². The van der Waals surface area contributed by atoms with Crippen LogP contribution >= 0.6 is 15.9 Å². The van der Waals surface area contributed by atoms with Gasteiger partial charge in [0.2, 0.25) is 0 Å². The van der Waals surface area contributed by atoms with Crippen molar-refractivity contribution < 1.29 is 4.42 Å². The van der Waals surface area contributed by atoms with Crippen molar-refractivity contribution in [2.45, 2.75) is 40.0 Å². The summed E-state index contributed by atoms with van der Waals surface area (Å²) in [5.74, 6) is 0.678. The third-order valence-electron chi connectivity index (χ3n) is 3.05. The standard InChI is InChI=1S/C15H18BrNO/c1-9-6-7-11(15(3,4)5)8-12(9)13-14(16)18-10(2)17-13/h6-8H,1-5H3. The van der Waals surface area contributed by atoms with Crippen molar-refractivity contribution in [1.82, 2.24) is 4.98 Å². The van der Waals surface area contributed by atoms with Crippen LogP contribution in [0.25, 0.3) is 11.3 Å². The Morgan fingerprint density at radius 3 is 2.33 bits per heavy atom. The number of hydrogen-bond donors (Lipinski definition) is 0. The van der Waals surface area contributed by atoms with Crippen molar-refractivity contribution in [3.8, 4) is 11.3 Å². The second-order valence-electron chi connectivity index (χ2n) is 5.63. The average Bonchev–Trinajstić information content (AvgIpc) is 2.56. The van der Waals surface area contributed by atoms with Crippen molar-refractivity contribution in [1.29, 1.82) is 0 Å². The predicted octanol–water partition coefficient (Wildman–Crippen LogP) is 5.02. The van der Waals surface area contributed by atoms with E-state index in [9.17, 15) is 0 Å². The Bertz CT molecular complexity index is 579. The normalized spacial score (nSPS) is 11.9. The number of rotatable bonds is 1. The van der Waals surface area contributed by atoms with Crippen LogP contribution in [0.5, 0.6) is 0 Å². The highest BCUT2D eigenvalue weighted by atomic mass is 79.9. The van der Waals surface area contributed by atoms with E-state index in [1.54, 1.807) is 0 Å². The second-order valence-corrected chi connectivity index (χ2v) is 6.36. The number of oxazole rings is 1. The lowest BCUT2D eigenvalue weighted by atomic mass is 9.85. The lowest BCUT2D eigenvalue weighted by Gasteiger charge is -2.20. The lowest BCUT2D eigenvalue weighted by molar-refractivity contribution is 0.499. The van der Waals surface area contributed by atoms with Gasteiger partial charge in [0.25, 0.3) is 0 Å². The fourth-order valence-electron chi connectivity index (χ4n) is 1.91. The Labute approximate surface area is 117 Å². The van der Waals surface area contributed by atoms with E-state index < -0.39 is 0 Å². The van der Waals surface area contributed by atoms with Gasteiger partial charge in [0.15, 0.2) is 10.6 Å². The van der Waals surface area contributed by atoms with E-state index in [4.69, 9.17) is 4.42 Å². The first-order chi connectivity index (χ1) is 8.29. The molecule has 0 unspecified atom stereocenters. The molecule has 0 radical (unpaired) electrons. The van der Waals surface area contributed by atoms with Gasteiger partial charge in [-0.3, -0.25) is 0 Å². The molecule has 2 rings (SSSR count). The van der Waals surface area contributed by atoms with E-state index in [2.05, 4.69) is 66.8 Å². The minimum atomic E-state index is 0.133. The van der Waals surface area contributed by atoms with E-state index in [0.29, 0.717) is 10.6 Å². The highest BCUT2D eigenvalue weighted by molar-refractivity contribution is 9.10. The van der Waals surface area contributed by atoms with Gasteiger partial charge in [-0.25, -0.2) is 4.98 Å². The Morgan fingerprint density at radius 2 is 1.83 bits per heavy atom. The maximum Gasteiger partial charge on any atom is 0.197 e. The number of aromatic nitrogens is 1. The first-order valence-corrected chi connectivity index (χ1v) is 6.83. The monoisotopic (exact) mass is 307 g/mol. The van der Waals surface area contributed by atoms with Crippen molar-refractivity contribution in [3.05, 3.63) is 39.9 Å². The minimum Gasteiger partial charge on any atom is -0.434 e. The molecule has 0 fully saturated rings. The Morgan fingerprint density at radius 1 is 1.17 bits per heavy atom. The number of aryl methyl sites for hydroxylation is 2. The third-order valence-corrected chi connectivity index (χ3v) is 3.59. The summed E-state index contributed by atoms with van der Waals surface area (Å²) in [5, 5.41) is 0. The Balaban J connectivity index is 2.60. The van der Waals surface area contributed by atoms with Crippen molar-refractivity contribution >= 4 is 15.9 Å². The smallest absolute Gasteiger partial charge is 0.197 e. The average molecular weight is 308 g/mol. The number of benzene rings is 1. The van der Waals surface area contributed by atoms with E-state index in [0.717, 1.165) is 11.3 Å². The van der Waals surface area contributed by atoms with E-state index in [-0.39, 0.29) is 5.41 Å². The van der Waals surface area contributed by atoms with Gasteiger partial charge >= 0.3 is 0 Å². The summed E-state index contributed by atoms with van der Waals surface area (Å²) in [5.41, 5.74) is 4.66. The highest BCUT2D eigenvalue weighted by Crippen LogP contribution is 2.34. The Hall–Kier alpha value is -1.09. The zero-order valence-corrected chi connectivity index (χ0v) is 13.1. The quantitative estimate of drug-likeness (QED) is 0.739. The molecule has 96 valence electrons. The topological polar surface area (TPSA) is 26.0 Å². The van der Waals surface area contributed by atoms with Crippen LogP contribution in [0.15, 0.2) is 27.3 Å². The summed E-state index contributed by atoms with van der Waals surface area (Å²) in [6.45, 7) is 10.6. The fraction of sp³-hybridized carbons (Fsp3) is 0.400. The summed E-state index contributed by atoms with van der Waals surface area (Å²) in [6, 6.07) is 6.53. The van der Waals surface area contributed by atoms with Crippen molar-refractivity contribution in [2.24, 2.45) is 0 Å². The van der Waals surface area contributed by atoms with Crippen LogP contribution in [0.3, 0.4) is 0 Å². The van der Waals surface area contributed by atoms with Gasteiger partial charge in [-0.2, -0.15) is 0 Å².